The summed E-state index contributed by atoms with van der Waals surface area (Å²) in [5.41, 5.74) is 8.10. The maximum absolute atomic E-state index is 13.4. The largest absolute Gasteiger partial charge is 0.416 e. The molecule has 46 heavy (non-hydrogen) atoms. The van der Waals surface area contributed by atoms with Crippen LogP contribution >= 0.6 is 11.3 Å². The third kappa shape index (κ3) is 5.25. The first-order valence-corrected chi connectivity index (χ1v) is 16.0. The summed E-state index contributed by atoms with van der Waals surface area (Å²) in [5, 5.41) is 4.89. The van der Waals surface area contributed by atoms with E-state index in [1.165, 1.54) is 43.4 Å². The fourth-order valence-electron chi connectivity index (χ4n) is 6.33. The van der Waals surface area contributed by atoms with Gasteiger partial charge in [-0.15, -0.1) is 11.3 Å². The molecule has 0 fully saturated rings. The Morgan fingerprint density at radius 3 is 1.48 bits per heavy atom. The molecule has 0 bridgehead atoms. The fraction of sp³-hybridized carbons (Fsp3) is 0.0476. The van der Waals surface area contributed by atoms with Crippen molar-refractivity contribution in [2.45, 2.75) is 13.1 Å². The van der Waals surface area contributed by atoms with Gasteiger partial charge in [-0.05, 0) is 110 Å². The summed E-state index contributed by atoms with van der Waals surface area (Å²) in [6.07, 6.45) is -4.37. The topological polar surface area (TPSA) is 0 Å². The molecule has 0 atom stereocenters. The summed E-state index contributed by atoms with van der Waals surface area (Å²) < 4.78 is 42.7. The van der Waals surface area contributed by atoms with Crippen molar-refractivity contribution in [3.8, 4) is 44.5 Å². The smallest absolute Gasteiger partial charge is 0.166 e. The molecule has 0 spiro atoms. The van der Waals surface area contributed by atoms with Crippen molar-refractivity contribution >= 4 is 42.3 Å². The summed E-state index contributed by atoms with van der Waals surface area (Å²) in [5.74, 6) is 0. The second-order valence-corrected chi connectivity index (χ2v) is 12.9. The van der Waals surface area contributed by atoms with E-state index in [9.17, 15) is 13.2 Å². The van der Waals surface area contributed by atoms with Crippen LogP contribution in [0.2, 0.25) is 0 Å². The van der Waals surface area contributed by atoms with Gasteiger partial charge in [0.1, 0.15) is 0 Å². The van der Waals surface area contributed by atoms with Crippen molar-refractivity contribution in [3.05, 3.63) is 157 Å². The van der Waals surface area contributed by atoms with E-state index in [-0.39, 0.29) is 0 Å². The van der Waals surface area contributed by atoms with E-state index in [0.29, 0.717) is 11.1 Å². The van der Waals surface area contributed by atoms with Gasteiger partial charge in [-0.25, -0.2) is 0 Å². The van der Waals surface area contributed by atoms with Crippen molar-refractivity contribution < 1.29 is 13.2 Å². The molecule has 0 amide bonds. The molecular formula is C42H27F3S. The Morgan fingerprint density at radius 2 is 0.891 bits per heavy atom. The maximum Gasteiger partial charge on any atom is 0.416 e. The van der Waals surface area contributed by atoms with Crippen LogP contribution in [-0.2, 0) is 6.18 Å². The molecule has 222 valence electrons. The summed E-state index contributed by atoms with van der Waals surface area (Å²) in [6.45, 7) is 1.69. The highest BCUT2D eigenvalue weighted by Crippen LogP contribution is 2.38. The SMILES string of the molecule is Cc1cc(-c2ccc(-c3ccc4cc(-c5ccc(-c6ccc7sc8ccccc8c7c6)cc5)ccc4c3)cc2)cc(C(F)(F)F)c1. The first-order valence-electron chi connectivity index (χ1n) is 15.1. The normalized spacial score (nSPS) is 11.9. The lowest BCUT2D eigenvalue weighted by Gasteiger charge is -2.12. The fourth-order valence-corrected chi connectivity index (χ4v) is 7.42. The van der Waals surface area contributed by atoms with Crippen molar-refractivity contribution in [2.75, 3.05) is 0 Å². The zero-order chi connectivity index (χ0) is 31.4. The second-order valence-electron chi connectivity index (χ2n) is 11.8. The monoisotopic (exact) mass is 620 g/mol. The average molecular weight is 621 g/mol. The molecule has 0 radical (unpaired) electrons. The first kappa shape index (κ1) is 28.3. The molecule has 0 nitrogen and oxygen atoms in total. The highest BCUT2D eigenvalue weighted by Gasteiger charge is 2.31. The van der Waals surface area contributed by atoms with Gasteiger partial charge in [0, 0.05) is 20.2 Å². The maximum atomic E-state index is 13.4. The lowest BCUT2D eigenvalue weighted by Crippen LogP contribution is -2.05. The van der Waals surface area contributed by atoms with Crippen molar-refractivity contribution in [1.82, 2.24) is 0 Å². The molecule has 1 aromatic heterocycles. The standard InChI is InChI=1S/C42H27F3S/c1-26-20-36(24-37(21-26)42(43,44)45)30-12-10-28(11-13-30)32-15-17-33-22-31(14-16-34(33)23-32)27-6-8-29(9-7-27)35-18-19-41-39(25-35)38-4-2-3-5-40(38)46-41/h2-25H,1H3. The van der Waals surface area contributed by atoms with Gasteiger partial charge >= 0.3 is 6.18 Å². The molecule has 0 saturated heterocycles. The third-order valence-electron chi connectivity index (χ3n) is 8.72. The predicted octanol–water partition coefficient (Wildman–Crippen LogP) is 13.2. The first-order chi connectivity index (χ1) is 22.3. The van der Waals surface area contributed by atoms with E-state index in [0.717, 1.165) is 38.6 Å². The molecule has 0 aliphatic heterocycles. The van der Waals surface area contributed by atoms with Crippen molar-refractivity contribution in [1.29, 1.82) is 0 Å². The molecule has 7 aromatic carbocycles. The van der Waals surface area contributed by atoms with Crippen LogP contribution in [0.3, 0.4) is 0 Å². The minimum atomic E-state index is -4.37. The van der Waals surface area contributed by atoms with Crippen LogP contribution in [0, 0.1) is 6.92 Å². The van der Waals surface area contributed by atoms with Crippen LogP contribution < -0.4 is 0 Å². The van der Waals surface area contributed by atoms with Crippen LogP contribution in [0.4, 0.5) is 13.2 Å². The highest BCUT2D eigenvalue weighted by molar-refractivity contribution is 7.25. The van der Waals surface area contributed by atoms with Crippen molar-refractivity contribution in [2.24, 2.45) is 0 Å². The molecule has 0 aliphatic rings. The minimum absolute atomic E-state index is 0.565. The summed E-state index contributed by atoms with van der Waals surface area (Å²) >= 11 is 1.84. The molecule has 0 aliphatic carbocycles. The molecule has 8 rings (SSSR count). The Morgan fingerprint density at radius 1 is 0.413 bits per heavy atom. The summed E-state index contributed by atoms with van der Waals surface area (Å²) in [6, 6.07) is 48.9. The number of hydrogen-bond donors (Lipinski definition) is 0. The van der Waals surface area contributed by atoms with Crippen LogP contribution in [0.15, 0.2) is 146 Å². The molecule has 0 unspecified atom stereocenters. The van der Waals surface area contributed by atoms with E-state index in [4.69, 9.17) is 0 Å². The van der Waals surface area contributed by atoms with Gasteiger partial charge in [-0.2, -0.15) is 13.2 Å². The molecule has 4 heteroatoms. The van der Waals surface area contributed by atoms with Crippen molar-refractivity contribution in [3.63, 3.8) is 0 Å². The average Bonchev–Trinajstić information content (AvgIpc) is 3.45. The van der Waals surface area contributed by atoms with Crippen LogP contribution in [0.25, 0.3) is 75.5 Å². The number of aryl methyl sites for hydroxylation is 1. The minimum Gasteiger partial charge on any atom is -0.166 e. The zero-order valence-corrected chi connectivity index (χ0v) is 25.7. The number of alkyl halides is 3. The summed E-state index contributed by atoms with van der Waals surface area (Å²) in [4.78, 5) is 0. The number of fused-ring (bicyclic) bond motifs is 4. The van der Waals surface area contributed by atoms with E-state index in [1.807, 2.05) is 35.6 Å². The zero-order valence-electron chi connectivity index (χ0n) is 24.9. The second kappa shape index (κ2) is 11.0. The van der Waals surface area contributed by atoms with Gasteiger partial charge in [0.15, 0.2) is 0 Å². The van der Waals surface area contributed by atoms with Crippen LogP contribution in [0.1, 0.15) is 11.1 Å². The van der Waals surface area contributed by atoms with E-state index in [2.05, 4.69) is 103 Å². The van der Waals surface area contributed by atoms with Gasteiger partial charge < -0.3 is 0 Å². The molecular weight excluding hydrogens is 594 g/mol. The highest BCUT2D eigenvalue weighted by atomic mass is 32.1. The lowest BCUT2D eigenvalue weighted by molar-refractivity contribution is -0.137. The van der Waals surface area contributed by atoms with Gasteiger partial charge in [0.05, 0.1) is 5.56 Å². The van der Waals surface area contributed by atoms with Crippen LogP contribution in [0.5, 0.6) is 0 Å². The molecule has 0 saturated carbocycles. The van der Waals surface area contributed by atoms with E-state index >= 15 is 0 Å². The Bertz CT molecular complexity index is 2400. The summed E-state index contributed by atoms with van der Waals surface area (Å²) in [7, 11) is 0. The quantitative estimate of drug-likeness (QED) is 0.184. The number of hydrogen-bond acceptors (Lipinski definition) is 1. The lowest BCUT2D eigenvalue weighted by atomic mass is 9.95. The van der Waals surface area contributed by atoms with Gasteiger partial charge in [0.2, 0.25) is 0 Å². The molecule has 1 heterocycles. The third-order valence-corrected chi connectivity index (χ3v) is 9.88. The Balaban J connectivity index is 1.04. The number of thiophene rings is 1. The van der Waals surface area contributed by atoms with Crippen LogP contribution in [-0.4, -0.2) is 0 Å². The Labute approximate surface area is 269 Å². The van der Waals surface area contributed by atoms with Gasteiger partial charge in [0.25, 0.3) is 0 Å². The Kier molecular flexibility index (Phi) is 6.77. The molecule has 8 aromatic rings. The van der Waals surface area contributed by atoms with Gasteiger partial charge in [-0.3, -0.25) is 0 Å². The predicted molar refractivity (Wildman–Crippen MR) is 188 cm³/mol. The van der Waals surface area contributed by atoms with Gasteiger partial charge in [-0.1, -0.05) is 103 Å². The molecule has 0 N–H and O–H groups in total. The number of rotatable bonds is 4. The number of halogens is 3. The van der Waals surface area contributed by atoms with E-state index < -0.39 is 11.7 Å². The Hall–Kier alpha value is -5.19. The number of benzene rings is 7. The van der Waals surface area contributed by atoms with E-state index in [1.54, 1.807) is 13.0 Å².